The molecule has 1 aliphatic rings. The third-order valence-corrected chi connectivity index (χ3v) is 4.40. The normalized spacial score (nSPS) is 20.2. The van der Waals surface area contributed by atoms with Gasteiger partial charge < -0.3 is 15.2 Å². The molecular weight excluding hydrogens is 306 g/mol. The van der Waals surface area contributed by atoms with E-state index >= 15 is 0 Å². The molecule has 0 radical (unpaired) electrons. The number of nitrogens with one attached hydrogen (secondary N) is 1. The topological polar surface area (TPSA) is 41.5 Å². The number of hydrogen-bond donors (Lipinski definition) is 2. The van der Waals surface area contributed by atoms with E-state index in [2.05, 4.69) is 21.2 Å². The van der Waals surface area contributed by atoms with Crippen LogP contribution >= 0.6 is 15.9 Å². The van der Waals surface area contributed by atoms with Crippen molar-refractivity contribution in [3.8, 4) is 0 Å². The molecule has 2 rings (SSSR count). The molecule has 4 heteroatoms. The van der Waals surface area contributed by atoms with Gasteiger partial charge in [-0.05, 0) is 37.0 Å². The molecule has 2 N–H and O–H groups in total. The van der Waals surface area contributed by atoms with Gasteiger partial charge in [0.05, 0.1) is 0 Å². The molecule has 1 atom stereocenters. The molecule has 0 saturated carbocycles. The molecule has 1 fully saturated rings. The lowest BCUT2D eigenvalue weighted by Gasteiger charge is -2.31. The maximum absolute atomic E-state index is 10.8. The second-order valence-corrected chi connectivity index (χ2v) is 6.08. The van der Waals surface area contributed by atoms with Crippen molar-refractivity contribution in [3.63, 3.8) is 0 Å². The van der Waals surface area contributed by atoms with E-state index in [1.54, 1.807) is 0 Å². The van der Waals surface area contributed by atoms with Crippen LogP contribution in [0, 0.1) is 0 Å². The standard InChI is InChI=1S/C15H22BrNO2/c1-2-15(18,12-3-5-13(16)6-4-12)11-17-14-7-9-19-10-8-14/h3-6,14,17-18H,2,7-11H2,1H3. The highest BCUT2D eigenvalue weighted by atomic mass is 79.9. The summed E-state index contributed by atoms with van der Waals surface area (Å²) in [6, 6.07) is 8.38. The Morgan fingerprint density at radius 1 is 1.32 bits per heavy atom. The highest BCUT2D eigenvalue weighted by Crippen LogP contribution is 2.26. The van der Waals surface area contributed by atoms with Gasteiger partial charge in [-0.15, -0.1) is 0 Å². The molecule has 1 aromatic rings. The van der Waals surface area contributed by atoms with Gasteiger partial charge in [0.2, 0.25) is 0 Å². The zero-order valence-electron chi connectivity index (χ0n) is 11.4. The Kier molecular flexibility index (Phi) is 5.39. The molecule has 3 nitrogen and oxygen atoms in total. The quantitative estimate of drug-likeness (QED) is 0.873. The van der Waals surface area contributed by atoms with Gasteiger partial charge in [-0.25, -0.2) is 0 Å². The van der Waals surface area contributed by atoms with E-state index in [0.29, 0.717) is 19.0 Å². The molecule has 0 amide bonds. The van der Waals surface area contributed by atoms with Gasteiger partial charge in [0.1, 0.15) is 5.60 Å². The van der Waals surface area contributed by atoms with Gasteiger partial charge >= 0.3 is 0 Å². The Balaban J connectivity index is 1.98. The van der Waals surface area contributed by atoms with Crippen LogP contribution in [0.4, 0.5) is 0 Å². The van der Waals surface area contributed by atoms with Crippen LogP contribution < -0.4 is 5.32 Å². The average molecular weight is 328 g/mol. The summed E-state index contributed by atoms with van der Waals surface area (Å²) >= 11 is 3.42. The van der Waals surface area contributed by atoms with Crippen LogP contribution in [-0.4, -0.2) is 30.9 Å². The first-order valence-corrected chi connectivity index (χ1v) is 7.73. The van der Waals surface area contributed by atoms with Crippen molar-refractivity contribution in [2.75, 3.05) is 19.8 Å². The fraction of sp³-hybridized carbons (Fsp3) is 0.600. The first-order valence-electron chi connectivity index (χ1n) is 6.93. The second-order valence-electron chi connectivity index (χ2n) is 5.16. The van der Waals surface area contributed by atoms with Gasteiger partial charge in [0.25, 0.3) is 0 Å². The number of hydrogen-bond acceptors (Lipinski definition) is 3. The first kappa shape index (κ1) is 15.0. The molecular formula is C15H22BrNO2. The average Bonchev–Trinajstić information content (AvgIpc) is 2.46. The predicted molar refractivity (Wildman–Crippen MR) is 80.2 cm³/mol. The van der Waals surface area contributed by atoms with Crippen LogP contribution in [0.3, 0.4) is 0 Å². The minimum atomic E-state index is -0.793. The molecule has 1 saturated heterocycles. The van der Waals surface area contributed by atoms with Crippen molar-refractivity contribution in [1.29, 1.82) is 0 Å². The summed E-state index contributed by atoms with van der Waals surface area (Å²) in [5.41, 5.74) is 0.177. The Morgan fingerprint density at radius 3 is 2.53 bits per heavy atom. The Labute approximate surface area is 123 Å². The van der Waals surface area contributed by atoms with E-state index in [4.69, 9.17) is 4.74 Å². The van der Waals surface area contributed by atoms with Crippen molar-refractivity contribution in [2.45, 2.75) is 37.8 Å². The molecule has 19 heavy (non-hydrogen) atoms. The van der Waals surface area contributed by atoms with Crippen LogP contribution in [0.5, 0.6) is 0 Å². The number of rotatable bonds is 5. The highest BCUT2D eigenvalue weighted by molar-refractivity contribution is 9.10. The molecule has 0 bridgehead atoms. The molecule has 1 aromatic carbocycles. The number of aliphatic hydroxyl groups is 1. The van der Waals surface area contributed by atoms with Gasteiger partial charge in [0.15, 0.2) is 0 Å². The van der Waals surface area contributed by atoms with E-state index in [0.717, 1.165) is 36.1 Å². The summed E-state index contributed by atoms with van der Waals surface area (Å²) in [7, 11) is 0. The van der Waals surface area contributed by atoms with Crippen molar-refractivity contribution in [2.24, 2.45) is 0 Å². The molecule has 0 aromatic heterocycles. The second kappa shape index (κ2) is 6.84. The lowest BCUT2D eigenvalue weighted by molar-refractivity contribution is 0.0201. The van der Waals surface area contributed by atoms with Crippen molar-refractivity contribution in [3.05, 3.63) is 34.3 Å². The zero-order chi connectivity index (χ0) is 13.7. The lowest BCUT2D eigenvalue weighted by Crippen LogP contribution is -2.44. The summed E-state index contributed by atoms with van der Waals surface area (Å²) in [6.07, 6.45) is 2.76. The van der Waals surface area contributed by atoms with E-state index in [1.807, 2.05) is 31.2 Å². The number of benzene rings is 1. The van der Waals surface area contributed by atoms with E-state index < -0.39 is 5.60 Å². The fourth-order valence-electron chi connectivity index (χ4n) is 2.41. The van der Waals surface area contributed by atoms with E-state index in [1.165, 1.54) is 0 Å². The minimum absolute atomic E-state index is 0.460. The predicted octanol–water partition coefficient (Wildman–Crippen LogP) is 2.82. The summed E-state index contributed by atoms with van der Waals surface area (Å²) in [4.78, 5) is 0. The van der Waals surface area contributed by atoms with Gasteiger partial charge in [-0.3, -0.25) is 0 Å². The van der Waals surface area contributed by atoms with Crippen molar-refractivity contribution in [1.82, 2.24) is 5.32 Å². The molecule has 0 spiro atoms. The summed E-state index contributed by atoms with van der Waals surface area (Å²) in [5.74, 6) is 0. The summed E-state index contributed by atoms with van der Waals surface area (Å²) in [5, 5.41) is 14.3. The van der Waals surface area contributed by atoms with Crippen molar-refractivity contribution < 1.29 is 9.84 Å². The maximum atomic E-state index is 10.8. The molecule has 1 heterocycles. The smallest absolute Gasteiger partial charge is 0.102 e. The van der Waals surface area contributed by atoms with Crippen molar-refractivity contribution >= 4 is 15.9 Å². The third-order valence-electron chi connectivity index (χ3n) is 3.87. The summed E-state index contributed by atoms with van der Waals surface area (Å²) < 4.78 is 6.38. The molecule has 1 aliphatic heterocycles. The zero-order valence-corrected chi connectivity index (χ0v) is 12.9. The fourth-order valence-corrected chi connectivity index (χ4v) is 2.67. The van der Waals surface area contributed by atoms with E-state index in [-0.39, 0.29) is 0 Å². The number of halogens is 1. The van der Waals surface area contributed by atoms with Gasteiger partial charge in [-0.1, -0.05) is 35.0 Å². The Morgan fingerprint density at radius 2 is 1.95 bits per heavy atom. The van der Waals surface area contributed by atoms with Gasteiger partial charge in [0, 0.05) is 30.3 Å². The Hall–Kier alpha value is -0.420. The summed E-state index contributed by atoms with van der Waals surface area (Å²) in [6.45, 7) is 4.25. The van der Waals surface area contributed by atoms with Crippen LogP contribution in [0.2, 0.25) is 0 Å². The molecule has 0 aliphatic carbocycles. The SMILES string of the molecule is CCC(O)(CNC1CCOCC1)c1ccc(Br)cc1. The Bertz CT molecular complexity index is 390. The lowest BCUT2D eigenvalue weighted by atomic mass is 9.90. The third kappa shape index (κ3) is 4.02. The first-order chi connectivity index (χ1) is 9.14. The molecule has 106 valence electrons. The van der Waals surface area contributed by atoms with Crippen LogP contribution in [0.1, 0.15) is 31.7 Å². The minimum Gasteiger partial charge on any atom is -0.384 e. The van der Waals surface area contributed by atoms with Gasteiger partial charge in [-0.2, -0.15) is 0 Å². The number of ether oxygens (including phenoxy) is 1. The largest absolute Gasteiger partial charge is 0.384 e. The maximum Gasteiger partial charge on any atom is 0.102 e. The van der Waals surface area contributed by atoms with E-state index in [9.17, 15) is 5.11 Å². The highest BCUT2D eigenvalue weighted by Gasteiger charge is 2.28. The van der Waals surface area contributed by atoms with Crippen LogP contribution in [-0.2, 0) is 10.3 Å². The van der Waals surface area contributed by atoms with Crippen LogP contribution in [0.15, 0.2) is 28.7 Å². The monoisotopic (exact) mass is 327 g/mol. The molecule has 1 unspecified atom stereocenters. The van der Waals surface area contributed by atoms with Crippen LogP contribution in [0.25, 0.3) is 0 Å².